The van der Waals surface area contributed by atoms with E-state index in [0.717, 1.165) is 60.6 Å². The minimum absolute atomic E-state index is 0.00151. The van der Waals surface area contributed by atoms with Crippen LogP contribution in [0.1, 0.15) is 80.7 Å². The van der Waals surface area contributed by atoms with E-state index in [4.69, 9.17) is 0 Å². The Labute approximate surface area is 268 Å². The van der Waals surface area contributed by atoms with E-state index < -0.39 is 15.9 Å². The summed E-state index contributed by atoms with van der Waals surface area (Å²) in [5.41, 5.74) is 4.44. The molecule has 0 aliphatic carbocycles. The fourth-order valence-corrected chi connectivity index (χ4v) is 9.52. The number of carbonyl (C=O) groups is 2. The molecule has 236 valence electrons. The highest BCUT2D eigenvalue weighted by molar-refractivity contribution is 7.89. The number of piperidine rings is 1. The van der Waals surface area contributed by atoms with Gasteiger partial charge >= 0.3 is 0 Å². The molecule has 2 aromatic heterocycles. The molecule has 11 heteroatoms. The number of hydrogen-bond donors (Lipinski definition) is 1. The third-order valence-electron chi connectivity index (χ3n) is 8.80. The molecule has 1 atom stereocenters. The molecule has 1 N–H and O–H groups in total. The van der Waals surface area contributed by atoms with E-state index in [9.17, 15) is 18.0 Å². The number of aryl methyl sites for hydroxylation is 2. The summed E-state index contributed by atoms with van der Waals surface area (Å²) in [5.74, 6) is -0.663. The zero-order valence-electron chi connectivity index (χ0n) is 26.0. The van der Waals surface area contributed by atoms with Crippen molar-refractivity contribution >= 4 is 38.2 Å². The number of nitrogens with one attached hydrogen (secondary N) is 1. The van der Waals surface area contributed by atoms with Crippen LogP contribution in [-0.4, -0.2) is 58.3 Å². The third kappa shape index (κ3) is 6.40. The number of anilines is 1. The Balaban J connectivity index is 1.27. The summed E-state index contributed by atoms with van der Waals surface area (Å²) in [6.07, 6.45) is 4.20. The predicted molar refractivity (Wildman–Crippen MR) is 176 cm³/mol. The SMILES string of the molecule is CCC1CCCCN1S(=O)(=O)c1ccc(C(=O)Nc2sc3c(c2C(=O)n2nc(C)cc2C)CCN(Cc2ccccc2)C3)cc1. The smallest absolute Gasteiger partial charge is 0.281 e. The Morgan fingerprint density at radius 2 is 1.78 bits per heavy atom. The van der Waals surface area contributed by atoms with E-state index in [1.807, 2.05) is 45.0 Å². The van der Waals surface area contributed by atoms with Crippen molar-refractivity contribution < 1.29 is 18.0 Å². The summed E-state index contributed by atoms with van der Waals surface area (Å²) in [4.78, 5) is 31.1. The first-order chi connectivity index (χ1) is 21.7. The maximum Gasteiger partial charge on any atom is 0.281 e. The Hall–Kier alpha value is -3.64. The second-order valence-corrected chi connectivity index (χ2v) is 14.9. The molecule has 1 fully saturated rings. The van der Waals surface area contributed by atoms with Crippen LogP contribution >= 0.6 is 11.3 Å². The van der Waals surface area contributed by atoms with Crippen LogP contribution < -0.4 is 5.32 Å². The van der Waals surface area contributed by atoms with Crippen molar-refractivity contribution in [3.8, 4) is 0 Å². The van der Waals surface area contributed by atoms with Gasteiger partial charge in [0.1, 0.15) is 5.00 Å². The molecule has 2 aliphatic rings. The fourth-order valence-electron chi connectivity index (χ4n) is 6.47. The van der Waals surface area contributed by atoms with Crippen molar-refractivity contribution in [3.05, 3.63) is 99.2 Å². The summed E-state index contributed by atoms with van der Waals surface area (Å²) in [6.45, 7) is 8.48. The Kier molecular flexibility index (Phi) is 9.05. The number of benzene rings is 2. The highest BCUT2D eigenvalue weighted by Crippen LogP contribution is 2.38. The van der Waals surface area contributed by atoms with Crippen LogP contribution in [-0.2, 0) is 29.5 Å². The second kappa shape index (κ2) is 13.0. The van der Waals surface area contributed by atoms with Crippen LogP contribution in [0.4, 0.5) is 5.00 Å². The number of sulfonamides is 1. The van der Waals surface area contributed by atoms with Gasteiger partial charge in [0, 0.05) is 48.4 Å². The average Bonchev–Trinajstić information content (AvgIpc) is 3.58. The van der Waals surface area contributed by atoms with E-state index in [2.05, 4.69) is 27.4 Å². The lowest BCUT2D eigenvalue weighted by molar-refractivity contribution is 0.0942. The third-order valence-corrected chi connectivity index (χ3v) is 11.9. The van der Waals surface area contributed by atoms with Gasteiger partial charge < -0.3 is 5.32 Å². The molecule has 1 unspecified atom stereocenters. The molecule has 0 spiro atoms. The predicted octanol–water partition coefficient (Wildman–Crippen LogP) is 6.01. The molecular weight excluding hydrogens is 607 g/mol. The summed E-state index contributed by atoms with van der Waals surface area (Å²) in [7, 11) is -3.66. The molecule has 4 aromatic rings. The first-order valence-corrected chi connectivity index (χ1v) is 17.8. The molecule has 0 saturated carbocycles. The number of carbonyl (C=O) groups excluding carboxylic acids is 2. The number of nitrogens with zero attached hydrogens (tertiary/aromatic N) is 4. The maximum atomic E-state index is 14.0. The standard InChI is InChI=1S/C34H39N5O4S2/c1-4-27-12-8-9-18-38(27)45(42,43)28-15-13-26(14-16-28)32(40)35-33-31(34(41)39-24(3)20-23(2)36-39)29-17-19-37(22-30(29)44-33)21-25-10-6-5-7-11-25/h5-7,10-11,13-16,20,27H,4,8-9,12,17-19,21-22H2,1-3H3,(H,35,40). The number of rotatable bonds is 8. The zero-order chi connectivity index (χ0) is 31.7. The second-order valence-electron chi connectivity index (χ2n) is 12.0. The monoisotopic (exact) mass is 645 g/mol. The van der Waals surface area contributed by atoms with Crippen molar-refractivity contribution in [3.63, 3.8) is 0 Å². The molecular formula is C34H39N5O4S2. The van der Waals surface area contributed by atoms with E-state index in [1.54, 1.807) is 16.4 Å². The molecule has 2 aliphatic heterocycles. The number of aromatic nitrogens is 2. The molecule has 0 bridgehead atoms. The fraction of sp³-hybridized carbons (Fsp3) is 0.382. The Morgan fingerprint density at radius 3 is 2.47 bits per heavy atom. The molecule has 4 heterocycles. The first kappa shape index (κ1) is 31.3. The van der Waals surface area contributed by atoms with Crippen LogP contribution in [0.5, 0.6) is 0 Å². The molecule has 6 rings (SSSR count). The normalized spacial score (nSPS) is 17.6. The van der Waals surface area contributed by atoms with Crippen LogP contribution in [0.15, 0.2) is 65.6 Å². The van der Waals surface area contributed by atoms with Crippen molar-refractivity contribution in [2.75, 3.05) is 18.4 Å². The van der Waals surface area contributed by atoms with Crippen LogP contribution in [0.2, 0.25) is 0 Å². The van der Waals surface area contributed by atoms with Gasteiger partial charge in [-0.2, -0.15) is 9.40 Å². The summed E-state index contributed by atoms with van der Waals surface area (Å²) in [5, 5.41) is 7.92. The molecule has 2 aromatic carbocycles. The summed E-state index contributed by atoms with van der Waals surface area (Å²) in [6, 6.07) is 18.3. The van der Waals surface area contributed by atoms with Crippen LogP contribution in [0.25, 0.3) is 0 Å². The van der Waals surface area contributed by atoms with Gasteiger partial charge in [-0.25, -0.2) is 13.1 Å². The largest absolute Gasteiger partial charge is 0.313 e. The van der Waals surface area contributed by atoms with E-state index in [-0.39, 0.29) is 16.8 Å². The lowest BCUT2D eigenvalue weighted by Crippen LogP contribution is -2.43. The van der Waals surface area contributed by atoms with E-state index in [0.29, 0.717) is 35.6 Å². The first-order valence-electron chi connectivity index (χ1n) is 15.6. The van der Waals surface area contributed by atoms with Crippen molar-refractivity contribution in [2.45, 2.75) is 76.9 Å². The van der Waals surface area contributed by atoms with Crippen molar-refractivity contribution in [2.24, 2.45) is 0 Å². The molecule has 0 radical (unpaired) electrons. The Morgan fingerprint density at radius 1 is 1.02 bits per heavy atom. The van der Waals surface area contributed by atoms with Gasteiger partial charge in [-0.15, -0.1) is 11.3 Å². The molecule has 1 amide bonds. The molecule has 45 heavy (non-hydrogen) atoms. The van der Waals surface area contributed by atoms with E-state index >= 15 is 0 Å². The van der Waals surface area contributed by atoms with Gasteiger partial charge in [-0.3, -0.25) is 14.5 Å². The highest BCUT2D eigenvalue weighted by atomic mass is 32.2. The number of fused-ring (bicyclic) bond motifs is 1. The lowest BCUT2D eigenvalue weighted by Gasteiger charge is -2.34. The number of amides is 1. The van der Waals surface area contributed by atoms with Crippen molar-refractivity contribution in [1.82, 2.24) is 19.0 Å². The van der Waals surface area contributed by atoms with Gasteiger partial charge in [-0.1, -0.05) is 43.7 Å². The van der Waals surface area contributed by atoms with E-state index in [1.165, 1.54) is 33.7 Å². The maximum absolute atomic E-state index is 14.0. The van der Waals surface area contributed by atoms with Gasteiger partial charge in [0.15, 0.2) is 0 Å². The number of thiophene rings is 1. The Bertz CT molecular complexity index is 1810. The number of hydrogen-bond acceptors (Lipinski definition) is 7. The average molecular weight is 646 g/mol. The quantitative estimate of drug-likeness (QED) is 0.252. The zero-order valence-corrected chi connectivity index (χ0v) is 27.6. The van der Waals surface area contributed by atoms with Crippen LogP contribution in [0, 0.1) is 13.8 Å². The van der Waals surface area contributed by atoms with Crippen molar-refractivity contribution in [1.29, 1.82) is 0 Å². The van der Waals surface area contributed by atoms with Crippen LogP contribution in [0.3, 0.4) is 0 Å². The minimum atomic E-state index is -3.66. The highest BCUT2D eigenvalue weighted by Gasteiger charge is 2.33. The van der Waals surface area contributed by atoms with Gasteiger partial charge in [-0.05, 0) is 81.0 Å². The van der Waals surface area contributed by atoms with Gasteiger partial charge in [0.05, 0.1) is 16.2 Å². The summed E-state index contributed by atoms with van der Waals surface area (Å²) >= 11 is 1.43. The molecule has 9 nitrogen and oxygen atoms in total. The summed E-state index contributed by atoms with van der Waals surface area (Å²) < 4.78 is 29.9. The molecule has 1 saturated heterocycles. The van der Waals surface area contributed by atoms with Gasteiger partial charge in [0.2, 0.25) is 10.0 Å². The minimum Gasteiger partial charge on any atom is -0.313 e. The lowest BCUT2D eigenvalue weighted by atomic mass is 10.0. The topological polar surface area (TPSA) is 105 Å². The van der Waals surface area contributed by atoms with Gasteiger partial charge in [0.25, 0.3) is 11.8 Å².